The molecule has 1 N–H and O–H groups in total. The highest BCUT2D eigenvalue weighted by molar-refractivity contribution is 5.37. The number of benzene rings is 1. The molecule has 3 heteroatoms. The van der Waals surface area contributed by atoms with Crippen molar-refractivity contribution in [3.63, 3.8) is 0 Å². The van der Waals surface area contributed by atoms with Crippen LogP contribution in [0, 0.1) is 0 Å². The molecule has 0 radical (unpaired) electrons. The summed E-state index contributed by atoms with van der Waals surface area (Å²) in [5.74, 6) is 0. The van der Waals surface area contributed by atoms with Gasteiger partial charge in [-0.25, -0.2) is 0 Å². The molecule has 0 spiro atoms. The Morgan fingerprint density at radius 1 is 1.00 bits per heavy atom. The van der Waals surface area contributed by atoms with Crippen molar-refractivity contribution < 1.29 is 9.84 Å². The van der Waals surface area contributed by atoms with Crippen LogP contribution >= 0.6 is 0 Å². The van der Waals surface area contributed by atoms with E-state index in [1.54, 1.807) is 12.4 Å². The fourth-order valence-electron chi connectivity index (χ4n) is 2.10. The molecular weight excluding hydrogens is 214 g/mol. The minimum absolute atomic E-state index is 0.594. The van der Waals surface area contributed by atoms with E-state index in [0.29, 0.717) is 13.2 Å². The first kappa shape index (κ1) is 10.4. The van der Waals surface area contributed by atoms with Crippen LogP contribution in [0.1, 0.15) is 28.4 Å². The Morgan fingerprint density at radius 2 is 1.76 bits per heavy atom. The van der Waals surface area contributed by atoms with Crippen molar-refractivity contribution in [3.8, 4) is 0 Å². The Morgan fingerprint density at radius 3 is 2.59 bits per heavy atom. The molecule has 0 saturated carbocycles. The van der Waals surface area contributed by atoms with Gasteiger partial charge >= 0.3 is 0 Å². The molecule has 0 saturated heterocycles. The van der Waals surface area contributed by atoms with Gasteiger partial charge < -0.3 is 9.84 Å². The number of fused-ring (bicyclic) bond motifs is 1. The molecule has 2 heterocycles. The summed E-state index contributed by atoms with van der Waals surface area (Å²) >= 11 is 0. The van der Waals surface area contributed by atoms with Crippen molar-refractivity contribution in [3.05, 3.63) is 65.0 Å². The van der Waals surface area contributed by atoms with Gasteiger partial charge in [-0.15, -0.1) is 0 Å². The largest absolute Gasteiger partial charge is 0.384 e. The van der Waals surface area contributed by atoms with Crippen LogP contribution in [-0.2, 0) is 18.0 Å². The molecule has 1 aromatic heterocycles. The molecule has 0 fully saturated rings. The lowest BCUT2D eigenvalue weighted by Crippen LogP contribution is -2.00. The summed E-state index contributed by atoms with van der Waals surface area (Å²) in [7, 11) is 0. The van der Waals surface area contributed by atoms with Gasteiger partial charge in [-0.05, 0) is 34.4 Å². The lowest BCUT2D eigenvalue weighted by atomic mass is 9.99. The number of aliphatic hydroxyl groups is 1. The van der Waals surface area contributed by atoms with Gasteiger partial charge in [0.05, 0.1) is 13.2 Å². The van der Waals surface area contributed by atoms with Crippen LogP contribution in [0.3, 0.4) is 0 Å². The van der Waals surface area contributed by atoms with Crippen molar-refractivity contribution in [2.75, 3.05) is 0 Å². The second-order valence-electron chi connectivity index (χ2n) is 4.20. The standard InChI is InChI=1S/C14H13NO2/c16-14(10-3-5-15-6-4-10)11-1-2-12-8-17-9-13(12)7-11/h1-7,14,16H,8-9H2. The zero-order chi connectivity index (χ0) is 11.7. The maximum Gasteiger partial charge on any atom is 0.104 e. The minimum atomic E-state index is -0.594. The highest BCUT2D eigenvalue weighted by Gasteiger charge is 2.15. The Labute approximate surface area is 99.7 Å². The molecular formula is C14H13NO2. The number of ether oxygens (including phenoxy) is 1. The molecule has 1 aromatic carbocycles. The summed E-state index contributed by atoms with van der Waals surface area (Å²) < 4.78 is 5.36. The fraction of sp³-hybridized carbons (Fsp3) is 0.214. The van der Waals surface area contributed by atoms with Crippen molar-refractivity contribution in [2.24, 2.45) is 0 Å². The summed E-state index contributed by atoms with van der Waals surface area (Å²) in [4.78, 5) is 3.95. The first-order valence-electron chi connectivity index (χ1n) is 5.62. The third kappa shape index (κ3) is 1.95. The molecule has 1 aliphatic rings. The van der Waals surface area contributed by atoms with E-state index in [2.05, 4.69) is 4.98 Å². The number of nitrogens with zero attached hydrogens (tertiary/aromatic N) is 1. The summed E-state index contributed by atoms with van der Waals surface area (Å²) in [6, 6.07) is 9.66. The van der Waals surface area contributed by atoms with Crippen LogP contribution in [0.15, 0.2) is 42.7 Å². The van der Waals surface area contributed by atoms with Crippen LogP contribution < -0.4 is 0 Å². The van der Waals surface area contributed by atoms with E-state index in [9.17, 15) is 5.11 Å². The van der Waals surface area contributed by atoms with Crippen LogP contribution in [0.4, 0.5) is 0 Å². The first-order valence-corrected chi connectivity index (χ1v) is 5.62. The molecule has 86 valence electrons. The fourth-order valence-corrected chi connectivity index (χ4v) is 2.10. The third-order valence-corrected chi connectivity index (χ3v) is 3.08. The van der Waals surface area contributed by atoms with Gasteiger partial charge in [0, 0.05) is 12.4 Å². The van der Waals surface area contributed by atoms with E-state index >= 15 is 0 Å². The van der Waals surface area contributed by atoms with Gasteiger partial charge in [0.1, 0.15) is 6.10 Å². The Kier molecular flexibility index (Phi) is 2.63. The third-order valence-electron chi connectivity index (χ3n) is 3.08. The van der Waals surface area contributed by atoms with Crippen LogP contribution in [-0.4, -0.2) is 10.1 Å². The zero-order valence-corrected chi connectivity index (χ0v) is 9.34. The Hall–Kier alpha value is -1.71. The van der Waals surface area contributed by atoms with E-state index in [1.165, 1.54) is 11.1 Å². The second kappa shape index (κ2) is 4.28. The maximum absolute atomic E-state index is 10.3. The van der Waals surface area contributed by atoms with E-state index in [1.807, 2.05) is 30.3 Å². The molecule has 0 aliphatic carbocycles. The Balaban J connectivity index is 1.94. The highest BCUT2D eigenvalue weighted by atomic mass is 16.5. The van der Waals surface area contributed by atoms with Crippen molar-refractivity contribution in [1.29, 1.82) is 0 Å². The monoisotopic (exact) mass is 227 g/mol. The first-order chi connectivity index (χ1) is 8.34. The number of hydrogen-bond donors (Lipinski definition) is 1. The smallest absolute Gasteiger partial charge is 0.104 e. The van der Waals surface area contributed by atoms with Crippen LogP contribution in [0.5, 0.6) is 0 Å². The number of rotatable bonds is 2. The zero-order valence-electron chi connectivity index (χ0n) is 9.34. The average Bonchev–Trinajstić information content (AvgIpc) is 2.86. The molecule has 3 rings (SSSR count). The number of hydrogen-bond acceptors (Lipinski definition) is 3. The van der Waals surface area contributed by atoms with Gasteiger partial charge in [-0.3, -0.25) is 4.98 Å². The molecule has 2 aromatic rings. The van der Waals surface area contributed by atoms with Gasteiger partial charge in [0.2, 0.25) is 0 Å². The quantitative estimate of drug-likeness (QED) is 0.855. The summed E-state index contributed by atoms with van der Waals surface area (Å²) in [5.41, 5.74) is 4.16. The second-order valence-corrected chi connectivity index (χ2v) is 4.20. The molecule has 1 aliphatic heterocycles. The van der Waals surface area contributed by atoms with E-state index in [-0.39, 0.29) is 0 Å². The topological polar surface area (TPSA) is 42.4 Å². The molecule has 3 nitrogen and oxygen atoms in total. The minimum Gasteiger partial charge on any atom is -0.384 e. The van der Waals surface area contributed by atoms with Gasteiger partial charge in [0.25, 0.3) is 0 Å². The molecule has 0 bridgehead atoms. The van der Waals surface area contributed by atoms with Crippen molar-refractivity contribution >= 4 is 0 Å². The summed E-state index contributed by atoms with van der Waals surface area (Å²) in [5, 5.41) is 10.3. The van der Waals surface area contributed by atoms with Gasteiger partial charge in [-0.1, -0.05) is 18.2 Å². The van der Waals surface area contributed by atoms with Gasteiger partial charge in [-0.2, -0.15) is 0 Å². The SMILES string of the molecule is OC(c1ccncc1)c1ccc2c(c1)COC2. The average molecular weight is 227 g/mol. The predicted octanol–water partition coefficient (Wildman–Crippen LogP) is 2.19. The summed E-state index contributed by atoms with van der Waals surface area (Å²) in [6.07, 6.45) is 2.79. The van der Waals surface area contributed by atoms with Crippen molar-refractivity contribution in [2.45, 2.75) is 19.3 Å². The molecule has 1 unspecified atom stereocenters. The molecule has 1 atom stereocenters. The normalized spacial score (nSPS) is 15.6. The molecule has 17 heavy (non-hydrogen) atoms. The van der Waals surface area contributed by atoms with Crippen LogP contribution in [0.2, 0.25) is 0 Å². The number of aromatic nitrogens is 1. The molecule has 0 amide bonds. The lowest BCUT2D eigenvalue weighted by Gasteiger charge is -2.12. The van der Waals surface area contributed by atoms with Crippen molar-refractivity contribution in [1.82, 2.24) is 4.98 Å². The predicted molar refractivity (Wildman–Crippen MR) is 63.2 cm³/mol. The van der Waals surface area contributed by atoms with E-state index < -0.39 is 6.10 Å². The maximum atomic E-state index is 10.3. The lowest BCUT2D eigenvalue weighted by molar-refractivity contribution is 0.134. The summed E-state index contributed by atoms with van der Waals surface area (Å²) in [6.45, 7) is 1.33. The van der Waals surface area contributed by atoms with E-state index in [0.717, 1.165) is 11.1 Å². The van der Waals surface area contributed by atoms with Crippen LogP contribution in [0.25, 0.3) is 0 Å². The number of pyridine rings is 1. The van der Waals surface area contributed by atoms with E-state index in [4.69, 9.17) is 4.74 Å². The van der Waals surface area contributed by atoms with Gasteiger partial charge in [0.15, 0.2) is 0 Å². The Bertz CT molecular complexity index is 525. The number of aliphatic hydroxyl groups excluding tert-OH is 1. The highest BCUT2D eigenvalue weighted by Crippen LogP contribution is 2.27.